The van der Waals surface area contributed by atoms with Crippen molar-refractivity contribution >= 4 is 17.8 Å². The molecule has 9 heteroatoms. The zero-order chi connectivity index (χ0) is 35.8. The van der Waals surface area contributed by atoms with Crippen molar-refractivity contribution in [1.82, 2.24) is 14.5 Å². The SMILES string of the molecule is CCCCCCCOC(=O)CCCCCCCN(CCCCCCCC(=O)OC(CCCC)CCCCC)CCCn1ccc(N)nc1=O. The molecule has 0 saturated heterocycles. The lowest BCUT2D eigenvalue weighted by Gasteiger charge is -2.22. The Morgan fingerprint density at radius 2 is 1.22 bits per heavy atom. The van der Waals surface area contributed by atoms with Crippen LogP contribution >= 0.6 is 0 Å². The van der Waals surface area contributed by atoms with E-state index in [1.54, 1.807) is 16.8 Å². The van der Waals surface area contributed by atoms with E-state index < -0.39 is 0 Å². The van der Waals surface area contributed by atoms with E-state index in [0.717, 1.165) is 135 Å². The molecule has 1 rings (SSSR count). The van der Waals surface area contributed by atoms with Gasteiger partial charge in [0.25, 0.3) is 0 Å². The van der Waals surface area contributed by atoms with Gasteiger partial charge in [0, 0.05) is 25.6 Å². The minimum Gasteiger partial charge on any atom is -0.466 e. The van der Waals surface area contributed by atoms with E-state index in [4.69, 9.17) is 15.2 Å². The van der Waals surface area contributed by atoms with E-state index in [9.17, 15) is 14.4 Å². The van der Waals surface area contributed by atoms with Crippen LogP contribution in [0, 0.1) is 0 Å². The van der Waals surface area contributed by atoms with E-state index in [1.807, 2.05) is 0 Å². The Hall–Kier alpha value is -2.42. The van der Waals surface area contributed by atoms with Gasteiger partial charge in [-0.3, -0.25) is 14.2 Å². The van der Waals surface area contributed by atoms with Gasteiger partial charge in [-0.05, 0) is 83.5 Å². The number of aromatic nitrogens is 2. The standard InChI is InChI=1S/C40H74N4O5/c1-4-7-10-17-23-35-48-38(45)27-19-13-11-15-21-30-43(32-24-33-44-34-29-37(41)42-40(44)47)31-22-16-12-14-20-28-39(46)49-36(25-9-6-3)26-18-8-5-2/h29,34,36H,4-28,30-33,35H2,1-3H3,(H2,41,42,47). The lowest BCUT2D eigenvalue weighted by molar-refractivity contribution is -0.150. The highest BCUT2D eigenvalue weighted by atomic mass is 16.5. The first-order valence-corrected chi connectivity index (χ1v) is 20.3. The monoisotopic (exact) mass is 691 g/mol. The molecule has 0 aromatic carbocycles. The summed E-state index contributed by atoms with van der Waals surface area (Å²) in [5.41, 5.74) is 5.35. The molecule has 9 nitrogen and oxygen atoms in total. The molecule has 0 amide bonds. The number of carbonyl (C=O) groups excluding carboxylic acids is 2. The number of unbranched alkanes of at least 4 members (excludes halogenated alkanes) is 15. The van der Waals surface area contributed by atoms with E-state index in [0.29, 0.717) is 26.0 Å². The number of aryl methyl sites for hydroxylation is 1. The van der Waals surface area contributed by atoms with E-state index >= 15 is 0 Å². The second kappa shape index (κ2) is 31.6. The van der Waals surface area contributed by atoms with Crippen LogP contribution in [0.1, 0.15) is 181 Å². The van der Waals surface area contributed by atoms with Crippen LogP contribution in [-0.2, 0) is 25.6 Å². The molecule has 0 aliphatic heterocycles. The number of nitrogens with two attached hydrogens (primary N) is 1. The maximum atomic E-state index is 12.5. The molecule has 0 aliphatic rings. The highest BCUT2D eigenvalue weighted by molar-refractivity contribution is 5.69. The molecule has 0 fully saturated rings. The van der Waals surface area contributed by atoms with Gasteiger partial charge in [0.2, 0.25) is 0 Å². The van der Waals surface area contributed by atoms with Gasteiger partial charge in [-0.25, -0.2) is 4.79 Å². The maximum absolute atomic E-state index is 12.5. The fourth-order valence-corrected chi connectivity index (χ4v) is 6.21. The zero-order valence-electron chi connectivity index (χ0n) is 31.9. The highest BCUT2D eigenvalue weighted by Crippen LogP contribution is 2.16. The van der Waals surface area contributed by atoms with Gasteiger partial charge in [0.1, 0.15) is 11.9 Å². The lowest BCUT2D eigenvalue weighted by Crippen LogP contribution is -2.30. The Kier molecular flexibility index (Phi) is 28.7. The maximum Gasteiger partial charge on any atom is 0.349 e. The van der Waals surface area contributed by atoms with Crippen LogP contribution in [0.5, 0.6) is 0 Å². The molecule has 49 heavy (non-hydrogen) atoms. The molecule has 1 atom stereocenters. The van der Waals surface area contributed by atoms with Gasteiger partial charge in [0.15, 0.2) is 0 Å². The third-order valence-corrected chi connectivity index (χ3v) is 9.30. The van der Waals surface area contributed by atoms with Crippen molar-refractivity contribution in [2.75, 3.05) is 32.0 Å². The Morgan fingerprint density at radius 1 is 0.694 bits per heavy atom. The predicted molar refractivity (Wildman–Crippen MR) is 203 cm³/mol. The number of nitrogen functional groups attached to an aromatic ring is 1. The third kappa shape index (κ3) is 26.1. The van der Waals surface area contributed by atoms with Crippen LogP contribution in [0.4, 0.5) is 5.82 Å². The Morgan fingerprint density at radius 3 is 1.88 bits per heavy atom. The van der Waals surface area contributed by atoms with Crippen molar-refractivity contribution in [3.05, 3.63) is 22.7 Å². The molecule has 0 spiro atoms. The summed E-state index contributed by atoms with van der Waals surface area (Å²) in [5, 5.41) is 0. The Balaban J connectivity index is 2.32. The Bertz CT molecular complexity index is 1000. The van der Waals surface area contributed by atoms with E-state index in [2.05, 4.69) is 30.7 Å². The number of esters is 2. The Labute approximate surface area is 299 Å². The van der Waals surface area contributed by atoms with Gasteiger partial charge in [-0.15, -0.1) is 0 Å². The summed E-state index contributed by atoms with van der Waals surface area (Å²) in [4.78, 5) is 43.0. The summed E-state index contributed by atoms with van der Waals surface area (Å²) in [6.07, 6.45) is 28.1. The number of hydrogen-bond donors (Lipinski definition) is 1. The molecule has 1 heterocycles. The van der Waals surface area contributed by atoms with Gasteiger partial charge >= 0.3 is 17.6 Å². The normalized spacial score (nSPS) is 12.0. The summed E-state index contributed by atoms with van der Waals surface area (Å²) in [6, 6.07) is 1.67. The molecule has 1 unspecified atom stereocenters. The molecule has 284 valence electrons. The van der Waals surface area contributed by atoms with Crippen molar-refractivity contribution in [1.29, 1.82) is 0 Å². The molecule has 1 aromatic rings. The van der Waals surface area contributed by atoms with Gasteiger partial charge < -0.3 is 20.1 Å². The molecule has 0 radical (unpaired) electrons. The first kappa shape index (κ1) is 44.6. The number of carbonyl (C=O) groups is 2. The van der Waals surface area contributed by atoms with Crippen molar-refractivity contribution < 1.29 is 19.1 Å². The van der Waals surface area contributed by atoms with Gasteiger partial charge in [-0.1, -0.05) is 111 Å². The average molecular weight is 691 g/mol. The molecule has 0 bridgehead atoms. The van der Waals surface area contributed by atoms with Crippen LogP contribution in [0.3, 0.4) is 0 Å². The van der Waals surface area contributed by atoms with Crippen LogP contribution in [0.15, 0.2) is 17.1 Å². The van der Waals surface area contributed by atoms with E-state index in [1.165, 1.54) is 32.1 Å². The number of ether oxygens (including phenoxy) is 2. The fraction of sp³-hybridized carbons (Fsp3) is 0.850. The van der Waals surface area contributed by atoms with Crippen LogP contribution in [0.2, 0.25) is 0 Å². The highest BCUT2D eigenvalue weighted by Gasteiger charge is 2.14. The summed E-state index contributed by atoms with van der Waals surface area (Å²) in [7, 11) is 0. The number of nitrogens with zero attached hydrogens (tertiary/aromatic N) is 3. The first-order valence-electron chi connectivity index (χ1n) is 20.3. The molecule has 2 N–H and O–H groups in total. The van der Waals surface area contributed by atoms with Crippen molar-refractivity contribution in [3.63, 3.8) is 0 Å². The van der Waals surface area contributed by atoms with Gasteiger partial charge in [-0.2, -0.15) is 4.98 Å². The van der Waals surface area contributed by atoms with Crippen molar-refractivity contribution in [2.24, 2.45) is 0 Å². The quantitative estimate of drug-likeness (QED) is 0.0562. The van der Waals surface area contributed by atoms with E-state index in [-0.39, 0.29) is 29.6 Å². The number of anilines is 1. The predicted octanol–water partition coefficient (Wildman–Crippen LogP) is 9.39. The second-order valence-electron chi connectivity index (χ2n) is 13.9. The molecular formula is C40H74N4O5. The number of rotatable bonds is 34. The third-order valence-electron chi connectivity index (χ3n) is 9.30. The van der Waals surface area contributed by atoms with Crippen LogP contribution in [0.25, 0.3) is 0 Å². The van der Waals surface area contributed by atoms with Crippen LogP contribution in [-0.4, -0.2) is 58.7 Å². The van der Waals surface area contributed by atoms with Crippen LogP contribution < -0.4 is 11.4 Å². The molecule has 0 aliphatic carbocycles. The number of hydrogen-bond acceptors (Lipinski definition) is 8. The zero-order valence-corrected chi connectivity index (χ0v) is 31.9. The average Bonchev–Trinajstić information content (AvgIpc) is 3.08. The van der Waals surface area contributed by atoms with Crippen molar-refractivity contribution in [3.8, 4) is 0 Å². The molecule has 1 aromatic heterocycles. The second-order valence-corrected chi connectivity index (χ2v) is 13.9. The largest absolute Gasteiger partial charge is 0.466 e. The summed E-state index contributed by atoms with van der Waals surface area (Å²) >= 11 is 0. The topological polar surface area (TPSA) is 117 Å². The lowest BCUT2D eigenvalue weighted by atomic mass is 10.1. The van der Waals surface area contributed by atoms with Gasteiger partial charge in [0.05, 0.1) is 6.61 Å². The minimum atomic E-state index is -0.292. The molecular weight excluding hydrogens is 616 g/mol. The fourth-order valence-electron chi connectivity index (χ4n) is 6.21. The van der Waals surface area contributed by atoms with Crippen molar-refractivity contribution in [2.45, 2.75) is 194 Å². The first-order chi connectivity index (χ1) is 23.9. The summed E-state index contributed by atoms with van der Waals surface area (Å²) in [5.74, 6) is 0.186. The minimum absolute atomic E-state index is 0.0210. The summed E-state index contributed by atoms with van der Waals surface area (Å²) in [6.45, 7) is 10.8. The molecule has 0 saturated carbocycles. The smallest absolute Gasteiger partial charge is 0.349 e. The summed E-state index contributed by atoms with van der Waals surface area (Å²) < 4.78 is 12.9.